The number of guanidine groups is 1. The van der Waals surface area contributed by atoms with E-state index in [1.807, 2.05) is 45.2 Å². The highest BCUT2D eigenvalue weighted by atomic mass is 127. The number of nitrogens with one attached hydrogen (secondary N) is 3. The first kappa shape index (κ1) is 25.5. The van der Waals surface area contributed by atoms with E-state index < -0.39 is 0 Å². The molecule has 0 spiro atoms. The van der Waals surface area contributed by atoms with E-state index in [1.165, 1.54) is 12.8 Å². The molecule has 8 heteroatoms. The molecule has 0 atom stereocenters. The molecular formula is C21H36IN5O2. The van der Waals surface area contributed by atoms with Crippen molar-refractivity contribution in [2.75, 3.05) is 38.7 Å². The number of carbonyl (C=O) groups is 1. The smallest absolute Gasteiger partial charge is 0.319 e. The maximum Gasteiger partial charge on any atom is 0.319 e. The van der Waals surface area contributed by atoms with Crippen LogP contribution in [0.2, 0.25) is 0 Å². The number of benzene rings is 1. The number of carbonyl (C=O) groups excluding carboxylic acids is 1. The van der Waals surface area contributed by atoms with Gasteiger partial charge >= 0.3 is 6.03 Å². The number of ether oxygens (including phenoxy) is 1. The van der Waals surface area contributed by atoms with Crippen LogP contribution in [-0.4, -0.2) is 56.3 Å². The second-order valence-electron chi connectivity index (χ2n) is 7.56. The summed E-state index contributed by atoms with van der Waals surface area (Å²) in [4.78, 5) is 18.6. The Morgan fingerprint density at radius 3 is 2.55 bits per heavy atom. The monoisotopic (exact) mass is 517 g/mol. The predicted molar refractivity (Wildman–Crippen MR) is 130 cm³/mol. The summed E-state index contributed by atoms with van der Waals surface area (Å²) in [6.07, 6.45) is 2.63. The molecule has 1 aliphatic carbocycles. The first-order chi connectivity index (χ1) is 13.5. The van der Waals surface area contributed by atoms with E-state index in [2.05, 4.69) is 27.8 Å². The van der Waals surface area contributed by atoms with E-state index in [9.17, 15) is 4.79 Å². The zero-order valence-electron chi connectivity index (χ0n) is 18.0. The molecular weight excluding hydrogens is 481 g/mol. The van der Waals surface area contributed by atoms with Crippen molar-refractivity contribution in [3.05, 3.63) is 29.8 Å². The van der Waals surface area contributed by atoms with Crippen LogP contribution in [-0.2, 0) is 11.3 Å². The predicted octanol–water partition coefficient (Wildman–Crippen LogP) is 3.66. The minimum atomic E-state index is -0.194. The average Bonchev–Trinajstić information content (AvgIpc) is 3.47. The summed E-state index contributed by atoms with van der Waals surface area (Å²) >= 11 is 0. The van der Waals surface area contributed by atoms with Crippen molar-refractivity contribution >= 4 is 41.7 Å². The number of anilines is 1. The highest BCUT2D eigenvalue weighted by Crippen LogP contribution is 2.28. The molecule has 1 saturated carbocycles. The van der Waals surface area contributed by atoms with Crippen LogP contribution in [0.3, 0.4) is 0 Å². The van der Waals surface area contributed by atoms with Crippen LogP contribution >= 0.6 is 24.0 Å². The Morgan fingerprint density at radius 1 is 1.28 bits per heavy atom. The number of amides is 2. The van der Waals surface area contributed by atoms with Gasteiger partial charge in [0.25, 0.3) is 0 Å². The van der Waals surface area contributed by atoms with Crippen molar-refractivity contribution in [2.24, 2.45) is 10.9 Å². The lowest BCUT2D eigenvalue weighted by atomic mass is 10.2. The third kappa shape index (κ3) is 10.7. The van der Waals surface area contributed by atoms with Crippen molar-refractivity contribution in [1.82, 2.24) is 15.5 Å². The molecule has 2 amide bonds. The van der Waals surface area contributed by atoms with E-state index >= 15 is 0 Å². The molecule has 164 valence electrons. The molecule has 0 aliphatic heterocycles. The Labute approximate surface area is 192 Å². The molecule has 3 N–H and O–H groups in total. The Morgan fingerprint density at radius 2 is 1.97 bits per heavy atom. The van der Waals surface area contributed by atoms with Gasteiger partial charge < -0.3 is 25.6 Å². The lowest BCUT2D eigenvalue weighted by molar-refractivity contribution is 0.115. The molecule has 0 aromatic heterocycles. The lowest BCUT2D eigenvalue weighted by Crippen LogP contribution is -2.40. The normalized spacial score (nSPS) is 13.6. The minimum Gasteiger partial charge on any atom is -0.379 e. The van der Waals surface area contributed by atoms with Gasteiger partial charge in [0.15, 0.2) is 5.96 Å². The summed E-state index contributed by atoms with van der Waals surface area (Å²) in [6, 6.07) is 7.67. The Hall–Kier alpha value is -1.55. The molecule has 0 unspecified atom stereocenters. The summed E-state index contributed by atoms with van der Waals surface area (Å²) in [5.41, 5.74) is 1.85. The largest absolute Gasteiger partial charge is 0.379 e. The Bertz CT molecular complexity index is 632. The fraction of sp³-hybridized carbons (Fsp3) is 0.619. The fourth-order valence-corrected chi connectivity index (χ4v) is 2.60. The summed E-state index contributed by atoms with van der Waals surface area (Å²) in [5, 5.41) is 8.96. The van der Waals surface area contributed by atoms with Gasteiger partial charge in [-0.25, -0.2) is 9.79 Å². The summed E-state index contributed by atoms with van der Waals surface area (Å²) in [6.45, 7) is 9.74. The molecule has 1 aliphatic rings. The van der Waals surface area contributed by atoms with E-state index in [0.29, 0.717) is 6.54 Å². The molecule has 2 rings (SSSR count). The van der Waals surface area contributed by atoms with Crippen LogP contribution in [0.15, 0.2) is 29.3 Å². The molecule has 0 bridgehead atoms. The number of hydrogen-bond acceptors (Lipinski definition) is 3. The highest BCUT2D eigenvalue weighted by molar-refractivity contribution is 14.0. The van der Waals surface area contributed by atoms with Crippen molar-refractivity contribution < 1.29 is 9.53 Å². The second kappa shape index (κ2) is 13.6. The fourth-order valence-electron chi connectivity index (χ4n) is 2.60. The van der Waals surface area contributed by atoms with Gasteiger partial charge in [0, 0.05) is 38.5 Å². The van der Waals surface area contributed by atoms with Crippen LogP contribution in [0, 0.1) is 5.92 Å². The zero-order chi connectivity index (χ0) is 20.4. The maximum absolute atomic E-state index is 11.8. The minimum absolute atomic E-state index is 0. The van der Waals surface area contributed by atoms with Gasteiger partial charge in [-0.05, 0) is 57.2 Å². The maximum atomic E-state index is 11.8. The van der Waals surface area contributed by atoms with E-state index in [1.54, 1.807) is 0 Å². The Kier molecular flexibility index (Phi) is 12.0. The van der Waals surface area contributed by atoms with Crippen LogP contribution in [0.4, 0.5) is 10.5 Å². The van der Waals surface area contributed by atoms with Crippen LogP contribution in [0.25, 0.3) is 0 Å². The third-order valence-electron chi connectivity index (χ3n) is 4.36. The van der Waals surface area contributed by atoms with Gasteiger partial charge in [-0.2, -0.15) is 0 Å². The van der Waals surface area contributed by atoms with Crippen molar-refractivity contribution in [3.8, 4) is 0 Å². The summed E-state index contributed by atoms with van der Waals surface area (Å²) < 4.78 is 5.72. The van der Waals surface area contributed by atoms with Gasteiger partial charge in [-0.3, -0.25) is 0 Å². The summed E-state index contributed by atoms with van der Waals surface area (Å²) in [5.74, 6) is 1.66. The molecule has 0 heterocycles. The van der Waals surface area contributed by atoms with E-state index in [0.717, 1.165) is 49.4 Å². The number of aliphatic imine (C=N–C) groups is 1. The quantitative estimate of drug-likeness (QED) is 0.192. The van der Waals surface area contributed by atoms with Gasteiger partial charge in [-0.15, -0.1) is 24.0 Å². The molecule has 0 radical (unpaired) electrons. The topological polar surface area (TPSA) is 78.0 Å². The van der Waals surface area contributed by atoms with Crippen LogP contribution in [0.1, 0.15) is 39.2 Å². The van der Waals surface area contributed by atoms with Gasteiger partial charge in [0.2, 0.25) is 0 Å². The number of hydrogen-bond donors (Lipinski definition) is 3. The summed E-state index contributed by atoms with van der Waals surface area (Å²) in [7, 11) is 2.03. The lowest BCUT2D eigenvalue weighted by Gasteiger charge is -2.22. The molecule has 1 aromatic rings. The van der Waals surface area contributed by atoms with Gasteiger partial charge in [0.1, 0.15) is 0 Å². The first-order valence-corrected chi connectivity index (χ1v) is 10.2. The number of nitrogens with zero attached hydrogens (tertiary/aromatic N) is 2. The van der Waals surface area contributed by atoms with E-state index in [-0.39, 0.29) is 36.0 Å². The number of rotatable bonds is 10. The third-order valence-corrected chi connectivity index (χ3v) is 4.36. The standard InChI is InChI=1S/C21H35N5O2.HI/c1-5-22-20(26(4)12-13-28-15-18-6-7-18)23-14-17-8-10-19(11-9-17)25-21(27)24-16(2)3;/h8-11,16,18H,5-7,12-15H2,1-4H3,(H,22,23)(H2,24,25,27);1H. The number of likely N-dealkylation sites (N-methyl/N-ethyl adjacent to an activating group) is 1. The zero-order valence-corrected chi connectivity index (χ0v) is 20.4. The SMILES string of the molecule is CCNC(=NCc1ccc(NC(=O)NC(C)C)cc1)N(C)CCOCC1CC1.I. The van der Waals surface area contributed by atoms with Crippen molar-refractivity contribution in [3.63, 3.8) is 0 Å². The highest BCUT2D eigenvalue weighted by Gasteiger charge is 2.21. The number of urea groups is 1. The van der Waals surface area contributed by atoms with Crippen LogP contribution < -0.4 is 16.0 Å². The van der Waals surface area contributed by atoms with Crippen molar-refractivity contribution in [1.29, 1.82) is 0 Å². The molecule has 1 aromatic carbocycles. The molecule has 0 saturated heterocycles. The van der Waals surface area contributed by atoms with Gasteiger partial charge in [-0.1, -0.05) is 12.1 Å². The Balaban J connectivity index is 0.00000420. The van der Waals surface area contributed by atoms with E-state index in [4.69, 9.17) is 9.73 Å². The average molecular weight is 517 g/mol. The number of halogens is 1. The van der Waals surface area contributed by atoms with Crippen LogP contribution in [0.5, 0.6) is 0 Å². The molecule has 7 nitrogen and oxygen atoms in total. The first-order valence-electron chi connectivity index (χ1n) is 10.2. The van der Waals surface area contributed by atoms with Gasteiger partial charge in [0.05, 0.1) is 13.2 Å². The molecule has 1 fully saturated rings. The van der Waals surface area contributed by atoms with Crippen molar-refractivity contribution in [2.45, 2.75) is 46.2 Å². The molecule has 29 heavy (non-hydrogen) atoms. The second-order valence-corrected chi connectivity index (χ2v) is 7.56.